The quantitative estimate of drug-likeness (QED) is 0.615. The number of nitrogens with one attached hydrogen (secondary N) is 1. The lowest BCUT2D eigenvalue weighted by Crippen LogP contribution is -2.21. The smallest absolute Gasteiger partial charge is 0.228 e. The topological polar surface area (TPSA) is 64.4 Å². The van der Waals surface area contributed by atoms with Gasteiger partial charge in [0.25, 0.3) is 0 Å². The molecule has 0 fully saturated rings. The molecular formula is C23H25N2O2. The number of anilines is 2. The van der Waals surface area contributed by atoms with Crippen molar-refractivity contribution in [3.05, 3.63) is 72.6 Å². The number of carbonyl (C=O) groups is 1. The first-order chi connectivity index (χ1) is 12.8. The third kappa shape index (κ3) is 4.79. The van der Waals surface area contributed by atoms with Crippen LogP contribution in [0.2, 0.25) is 0 Å². The number of hydrogen-bond acceptors (Lipinski definition) is 3. The van der Waals surface area contributed by atoms with E-state index in [-0.39, 0.29) is 11.3 Å². The second kappa shape index (κ2) is 7.70. The highest BCUT2D eigenvalue weighted by molar-refractivity contribution is 6.10. The number of rotatable bonds is 5. The third-order valence-corrected chi connectivity index (χ3v) is 4.09. The highest BCUT2D eigenvalue weighted by atomic mass is 16.5. The molecule has 3 aromatic carbocycles. The summed E-state index contributed by atoms with van der Waals surface area (Å²) in [5.41, 5.74) is 8.22. The van der Waals surface area contributed by atoms with E-state index in [9.17, 15) is 4.79 Å². The number of nitrogens with two attached hydrogens (primary N) is 1. The molecule has 0 unspecified atom stereocenters. The van der Waals surface area contributed by atoms with Crippen molar-refractivity contribution in [3.8, 4) is 5.75 Å². The number of hydrogen-bond donors (Lipinski definition) is 2. The summed E-state index contributed by atoms with van der Waals surface area (Å²) >= 11 is 0. The van der Waals surface area contributed by atoms with Gasteiger partial charge in [-0.25, -0.2) is 0 Å². The molecule has 1 radical (unpaired) electrons. The van der Waals surface area contributed by atoms with Crippen molar-refractivity contribution in [2.75, 3.05) is 11.1 Å². The lowest BCUT2D eigenvalue weighted by atomic mass is 9.92. The molecule has 0 heterocycles. The van der Waals surface area contributed by atoms with Gasteiger partial charge in [0.1, 0.15) is 12.4 Å². The summed E-state index contributed by atoms with van der Waals surface area (Å²) in [4.78, 5) is 12.4. The minimum atomic E-state index is -0.215. The molecule has 3 rings (SSSR count). The van der Waals surface area contributed by atoms with Crippen molar-refractivity contribution in [3.63, 3.8) is 0 Å². The van der Waals surface area contributed by atoms with Crippen LogP contribution in [0.25, 0.3) is 10.8 Å². The first kappa shape index (κ1) is 18.8. The molecular weight excluding hydrogens is 336 g/mol. The number of carbonyl (C=O) groups excluding carboxylic acids is 1. The van der Waals surface area contributed by atoms with E-state index < -0.39 is 0 Å². The van der Waals surface area contributed by atoms with Crippen LogP contribution in [0.15, 0.2) is 60.7 Å². The monoisotopic (exact) mass is 361 g/mol. The molecule has 139 valence electrons. The van der Waals surface area contributed by atoms with Crippen LogP contribution in [0.5, 0.6) is 5.75 Å². The van der Waals surface area contributed by atoms with Crippen molar-refractivity contribution in [1.29, 1.82) is 0 Å². The Hall–Kier alpha value is -3.01. The van der Waals surface area contributed by atoms with Gasteiger partial charge in [-0.3, -0.25) is 4.79 Å². The summed E-state index contributed by atoms with van der Waals surface area (Å²) in [7, 11) is 0. The maximum atomic E-state index is 12.4. The maximum absolute atomic E-state index is 12.4. The van der Waals surface area contributed by atoms with E-state index >= 15 is 0 Å². The Morgan fingerprint density at radius 1 is 1.04 bits per heavy atom. The number of amides is 1. The summed E-state index contributed by atoms with van der Waals surface area (Å²) in [5.74, 6) is 0.530. The second-order valence-corrected chi connectivity index (χ2v) is 7.66. The van der Waals surface area contributed by atoms with Gasteiger partial charge in [-0.2, -0.15) is 0 Å². The Kier molecular flexibility index (Phi) is 5.36. The van der Waals surface area contributed by atoms with Crippen LogP contribution in [0, 0.1) is 11.8 Å². The molecule has 0 aliphatic rings. The largest absolute Gasteiger partial charge is 0.488 e. The van der Waals surface area contributed by atoms with Gasteiger partial charge in [0, 0.05) is 16.8 Å². The molecule has 0 aliphatic carbocycles. The van der Waals surface area contributed by atoms with Crippen LogP contribution in [0.4, 0.5) is 11.4 Å². The van der Waals surface area contributed by atoms with Crippen molar-refractivity contribution >= 4 is 28.1 Å². The Morgan fingerprint density at radius 3 is 2.33 bits per heavy atom. The van der Waals surface area contributed by atoms with Crippen LogP contribution >= 0.6 is 0 Å². The van der Waals surface area contributed by atoms with Crippen molar-refractivity contribution in [1.82, 2.24) is 0 Å². The van der Waals surface area contributed by atoms with Crippen LogP contribution in [0.1, 0.15) is 26.3 Å². The van der Waals surface area contributed by atoms with E-state index in [0.717, 1.165) is 16.3 Å². The van der Waals surface area contributed by atoms with Gasteiger partial charge >= 0.3 is 0 Å². The normalized spacial score (nSPS) is 11.4. The summed E-state index contributed by atoms with van der Waals surface area (Å²) in [6, 6.07) is 19.5. The molecule has 4 heteroatoms. The average Bonchev–Trinajstić information content (AvgIpc) is 2.62. The molecule has 0 saturated heterocycles. The van der Waals surface area contributed by atoms with Crippen LogP contribution in [-0.4, -0.2) is 5.91 Å². The maximum Gasteiger partial charge on any atom is 0.228 e. The number of nitrogen functional groups attached to an aromatic ring is 1. The number of benzene rings is 3. The van der Waals surface area contributed by atoms with E-state index in [2.05, 4.69) is 5.32 Å². The number of ether oxygens (including phenoxy) is 1. The molecule has 1 amide bonds. The Balaban J connectivity index is 1.91. The fourth-order valence-electron chi connectivity index (χ4n) is 2.91. The van der Waals surface area contributed by atoms with E-state index in [1.807, 2.05) is 75.4 Å². The second-order valence-electron chi connectivity index (χ2n) is 7.66. The lowest BCUT2D eigenvalue weighted by Gasteiger charge is -2.19. The minimum Gasteiger partial charge on any atom is -0.488 e. The van der Waals surface area contributed by atoms with E-state index in [0.29, 0.717) is 23.7 Å². The summed E-state index contributed by atoms with van der Waals surface area (Å²) in [5, 5.41) is 4.70. The predicted octanol–water partition coefficient (Wildman–Crippen LogP) is 5.19. The molecule has 0 aliphatic heterocycles. The van der Waals surface area contributed by atoms with Gasteiger partial charge in [-0.1, -0.05) is 75.4 Å². The zero-order valence-corrected chi connectivity index (χ0v) is 16.0. The minimum absolute atomic E-state index is 0.169. The van der Waals surface area contributed by atoms with Gasteiger partial charge in [0.05, 0.1) is 17.8 Å². The average molecular weight is 361 g/mol. The zero-order chi connectivity index (χ0) is 19.4. The summed E-state index contributed by atoms with van der Waals surface area (Å²) in [6.07, 6.45) is 1.65. The molecule has 3 N–H and O–H groups in total. The highest BCUT2D eigenvalue weighted by Gasteiger charge is 2.19. The fraction of sp³-hybridized carbons (Fsp3) is 0.217. The van der Waals surface area contributed by atoms with Gasteiger partial charge in [-0.15, -0.1) is 0 Å². The molecule has 0 aromatic heterocycles. The standard InChI is InChI=1S/C23H25N2O2/c1-23(2,3)14-21(26)25-22-18-12-8-7-11-17(18)20(13-19(22)24)27-15-16-9-5-4-6-10-16/h4-14H,15,24H2,1-3H3,(H,25,26). The van der Waals surface area contributed by atoms with Gasteiger partial charge < -0.3 is 15.8 Å². The zero-order valence-electron chi connectivity index (χ0n) is 16.0. The van der Waals surface area contributed by atoms with Crippen LogP contribution in [0.3, 0.4) is 0 Å². The SMILES string of the molecule is CC(C)(C)[CH]C(=O)Nc1c(N)cc(OCc2ccccc2)c2ccccc12. The molecule has 27 heavy (non-hydrogen) atoms. The molecule has 0 atom stereocenters. The molecule has 3 aromatic rings. The first-order valence-electron chi connectivity index (χ1n) is 8.98. The van der Waals surface area contributed by atoms with E-state index in [1.165, 1.54) is 0 Å². The first-order valence-corrected chi connectivity index (χ1v) is 8.98. The molecule has 0 spiro atoms. The Bertz CT molecular complexity index is 944. The van der Waals surface area contributed by atoms with E-state index in [4.69, 9.17) is 10.5 Å². The van der Waals surface area contributed by atoms with Crippen LogP contribution in [-0.2, 0) is 11.4 Å². The lowest BCUT2D eigenvalue weighted by molar-refractivity contribution is -0.114. The molecule has 4 nitrogen and oxygen atoms in total. The van der Waals surface area contributed by atoms with Crippen LogP contribution < -0.4 is 15.8 Å². The number of fused-ring (bicyclic) bond motifs is 1. The summed E-state index contributed by atoms with van der Waals surface area (Å²) in [6.45, 7) is 6.39. The highest BCUT2D eigenvalue weighted by Crippen LogP contribution is 2.37. The summed E-state index contributed by atoms with van der Waals surface area (Å²) < 4.78 is 6.03. The molecule has 0 bridgehead atoms. The van der Waals surface area contributed by atoms with E-state index in [1.54, 1.807) is 12.5 Å². The van der Waals surface area contributed by atoms with Gasteiger partial charge in [-0.05, 0) is 11.0 Å². The fourth-order valence-corrected chi connectivity index (χ4v) is 2.91. The predicted molar refractivity (Wildman–Crippen MR) is 112 cm³/mol. The third-order valence-electron chi connectivity index (χ3n) is 4.09. The Labute approximate surface area is 160 Å². The Morgan fingerprint density at radius 2 is 1.67 bits per heavy atom. The van der Waals surface area contributed by atoms with Gasteiger partial charge in [0.15, 0.2) is 0 Å². The van der Waals surface area contributed by atoms with Crippen molar-refractivity contribution in [2.24, 2.45) is 5.41 Å². The van der Waals surface area contributed by atoms with Crippen molar-refractivity contribution < 1.29 is 9.53 Å². The molecule has 0 saturated carbocycles. The van der Waals surface area contributed by atoms with Crippen molar-refractivity contribution in [2.45, 2.75) is 27.4 Å². The van der Waals surface area contributed by atoms with Gasteiger partial charge in [0.2, 0.25) is 5.91 Å².